The van der Waals surface area contributed by atoms with Gasteiger partial charge in [-0.15, -0.1) is 0 Å². The molecule has 1 N–H and O–H groups in total. The van der Waals surface area contributed by atoms with E-state index in [1.807, 2.05) is 79.7 Å². The van der Waals surface area contributed by atoms with Crippen LogP contribution in [-0.4, -0.2) is 33.1 Å². The molecule has 0 aromatic heterocycles. The maximum absolute atomic E-state index is 13.9. The molecular formula is C32H31NO6. The molecule has 0 saturated carbocycles. The number of benzene rings is 3. The molecule has 0 unspecified atom stereocenters. The van der Waals surface area contributed by atoms with Gasteiger partial charge in [0, 0.05) is 29.3 Å². The first kappa shape index (κ1) is 26.1. The first-order chi connectivity index (χ1) is 18.9. The van der Waals surface area contributed by atoms with Gasteiger partial charge in [-0.25, -0.2) is 4.79 Å². The zero-order chi connectivity index (χ0) is 27.5. The van der Waals surface area contributed by atoms with Crippen molar-refractivity contribution in [1.29, 1.82) is 0 Å². The predicted molar refractivity (Wildman–Crippen MR) is 147 cm³/mol. The van der Waals surface area contributed by atoms with Crippen molar-refractivity contribution in [2.24, 2.45) is 0 Å². The molecular weight excluding hydrogens is 494 g/mol. The van der Waals surface area contributed by atoms with E-state index in [0.717, 1.165) is 16.8 Å². The fraction of sp³-hybridized carbons (Fsp3) is 0.250. The molecule has 0 amide bonds. The average molecular weight is 526 g/mol. The third-order valence-electron chi connectivity index (χ3n) is 7.28. The standard InChI is InChI=1S/C32H31NO6/c1-19-29(32(35)38-4)30(21-9-8-12-24(15-21)39-23-10-6-5-7-11-23)31-25(33-19)16-22(17-26(31)34)20-13-14-27(36-2)28(18-20)37-3/h5-15,18,22,30,33H,16-17H2,1-4H3/t22-,30-/m0/s1. The highest BCUT2D eigenvalue weighted by Crippen LogP contribution is 2.47. The van der Waals surface area contributed by atoms with Gasteiger partial charge in [0.1, 0.15) is 11.5 Å². The van der Waals surface area contributed by atoms with Crippen LogP contribution in [0.15, 0.2) is 95.3 Å². The van der Waals surface area contributed by atoms with Gasteiger partial charge in [-0.3, -0.25) is 4.79 Å². The number of para-hydroxylation sites is 1. The second-order valence-electron chi connectivity index (χ2n) is 9.61. The number of Topliss-reactive ketones (excluding diaryl/α,β-unsaturated/α-hetero) is 1. The number of rotatable bonds is 7. The molecule has 1 heterocycles. The number of hydrogen-bond donors (Lipinski definition) is 1. The van der Waals surface area contributed by atoms with Crippen LogP contribution in [0.5, 0.6) is 23.0 Å². The van der Waals surface area contributed by atoms with Crippen LogP contribution in [0.4, 0.5) is 0 Å². The number of ether oxygens (including phenoxy) is 4. The Balaban J connectivity index is 1.55. The Bertz CT molecular complexity index is 1470. The molecule has 5 rings (SSSR count). The summed E-state index contributed by atoms with van der Waals surface area (Å²) in [6.45, 7) is 1.85. The number of allylic oxidation sites excluding steroid dienone is 3. The van der Waals surface area contributed by atoms with Crippen LogP contribution in [-0.2, 0) is 14.3 Å². The molecule has 0 radical (unpaired) electrons. The second kappa shape index (κ2) is 11.1. The summed E-state index contributed by atoms with van der Waals surface area (Å²) in [4.78, 5) is 26.9. The van der Waals surface area contributed by atoms with Crippen molar-refractivity contribution in [3.63, 3.8) is 0 Å². The lowest BCUT2D eigenvalue weighted by Gasteiger charge is -2.36. The molecule has 7 heteroatoms. The maximum Gasteiger partial charge on any atom is 0.336 e. The van der Waals surface area contributed by atoms with Gasteiger partial charge < -0.3 is 24.3 Å². The minimum atomic E-state index is -0.577. The summed E-state index contributed by atoms with van der Waals surface area (Å²) in [5, 5.41) is 3.37. The minimum Gasteiger partial charge on any atom is -0.493 e. The highest BCUT2D eigenvalue weighted by Gasteiger charge is 2.41. The lowest BCUT2D eigenvalue weighted by molar-refractivity contribution is -0.136. The van der Waals surface area contributed by atoms with E-state index in [0.29, 0.717) is 52.7 Å². The number of dihydropyridines is 1. The van der Waals surface area contributed by atoms with Crippen molar-refractivity contribution >= 4 is 11.8 Å². The summed E-state index contributed by atoms with van der Waals surface area (Å²) in [5.41, 5.74) is 4.27. The Labute approximate surface area is 228 Å². The van der Waals surface area contributed by atoms with Crippen molar-refractivity contribution in [3.8, 4) is 23.0 Å². The van der Waals surface area contributed by atoms with E-state index in [1.54, 1.807) is 14.2 Å². The zero-order valence-corrected chi connectivity index (χ0v) is 22.4. The molecule has 2 aliphatic rings. The van der Waals surface area contributed by atoms with Gasteiger partial charge in [0.05, 0.1) is 26.9 Å². The summed E-state index contributed by atoms with van der Waals surface area (Å²) in [5.74, 6) is 1.46. The summed E-state index contributed by atoms with van der Waals surface area (Å²) in [7, 11) is 4.55. The Kier molecular flexibility index (Phi) is 7.41. The van der Waals surface area contributed by atoms with E-state index in [9.17, 15) is 9.59 Å². The highest BCUT2D eigenvalue weighted by atomic mass is 16.5. The molecule has 1 aliphatic carbocycles. The van der Waals surface area contributed by atoms with Crippen LogP contribution < -0.4 is 19.5 Å². The van der Waals surface area contributed by atoms with Gasteiger partial charge in [-0.2, -0.15) is 0 Å². The summed E-state index contributed by atoms with van der Waals surface area (Å²) in [6.07, 6.45) is 0.916. The SMILES string of the molecule is COC(=O)C1=C(C)NC2=C(C(=O)C[C@@H](c3ccc(OC)c(OC)c3)C2)[C@H]1c1cccc(Oc2ccccc2)c1. The Morgan fingerprint density at radius 1 is 0.821 bits per heavy atom. The molecule has 2 atom stereocenters. The molecule has 39 heavy (non-hydrogen) atoms. The molecule has 7 nitrogen and oxygen atoms in total. The van der Waals surface area contributed by atoms with E-state index in [4.69, 9.17) is 18.9 Å². The Morgan fingerprint density at radius 2 is 1.56 bits per heavy atom. The molecule has 0 fully saturated rings. The average Bonchev–Trinajstić information content (AvgIpc) is 2.96. The monoisotopic (exact) mass is 525 g/mol. The molecule has 1 aliphatic heterocycles. The van der Waals surface area contributed by atoms with Crippen LogP contribution in [0.25, 0.3) is 0 Å². The molecule has 0 bridgehead atoms. The minimum absolute atomic E-state index is 0.0168. The van der Waals surface area contributed by atoms with E-state index in [2.05, 4.69) is 5.32 Å². The Morgan fingerprint density at radius 3 is 2.28 bits per heavy atom. The summed E-state index contributed by atoms with van der Waals surface area (Å²) >= 11 is 0. The van der Waals surface area contributed by atoms with Crippen LogP contribution in [0.1, 0.15) is 42.7 Å². The number of methoxy groups -OCH3 is 3. The quantitative estimate of drug-likeness (QED) is 0.377. The summed E-state index contributed by atoms with van der Waals surface area (Å²) < 4.78 is 22.1. The molecule has 3 aromatic carbocycles. The molecule has 3 aromatic rings. The van der Waals surface area contributed by atoms with Crippen molar-refractivity contribution in [3.05, 3.63) is 106 Å². The van der Waals surface area contributed by atoms with Gasteiger partial charge >= 0.3 is 5.97 Å². The molecule has 200 valence electrons. The fourth-order valence-electron chi connectivity index (χ4n) is 5.48. The zero-order valence-electron chi connectivity index (χ0n) is 22.4. The predicted octanol–water partition coefficient (Wildman–Crippen LogP) is 6.03. The van der Waals surface area contributed by atoms with Crippen LogP contribution in [0.2, 0.25) is 0 Å². The van der Waals surface area contributed by atoms with Crippen molar-refractivity contribution in [2.75, 3.05) is 21.3 Å². The van der Waals surface area contributed by atoms with E-state index in [1.165, 1.54) is 7.11 Å². The van der Waals surface area contributed by atoms with Gasteiger partial charge in [0.2, 0.25) is 0 Å². The van der Waals surface area contributed by atoms with E-state index in [-0.39, 0.29) is 11.7 Å². The molecule has 0 saturated heterocycles. The van der Waals surface area contributed by atoms with Crippen molar-refractivity contribution in [1.82, 2.24) is 5.32 Å². The normalized spacial score (nSPS) is 18.7. The van der Waals surface area contributed by atoms with E-state index < -0.39 is 11.9 Å². The third-order valence-corrected chi connectivity index (χ3v) is 7.28. The van der Waals surface area contributed by atoms with Crippen LogP contribution in [0, 0.1) is 0 Å². The number of carbonyl (C=O) groups excluding carboxylic acids is 2. The van der Waals surface area contributed by atoms with Gasteiger partial charge in [0.25, 0.3) is 0 Å². The molecule has 0 spiro atoms. The second-order valence-corrected chi connectivity index (χ2v) is 9.61. The fourth-order valence-corrected chi connectivity index (χ4v) is 5.48. The number of ketones is 1. The smallest absolute Gasteiger partial charge is 0.336 e. The van der Waals surface area contributed by atoms with Gasteiger partial charge in [-0.05, 0) is 66.8 Å². The van der Waals surface area contributed by atoms with Crippen LogP contribution in [0.3, 0.4) is 0 Å². The Hall–Kier alpha value is -4.52. The van der Waals surface area contributed by atoms with Gasteiger partial charge in [-0.1, -0.05) is 36.4 Å². The largest absolute Gasteiger partial charge is 0.493 e. The number of nitrogens with one attached hydrogen (secondary N) is 1. The van der Waals surface area contributed by atoms with Crippen molar-refractivity contribution < 1.29 is 28.5 Å². The topological polar surface area (TPSA) is 83.1 Å². The maximum atomic E-state index is 13.9. The first-order valence-corrected chi connectivity index (χ1v) is 12.8. The number of hydrogen-bond acceptors (Lipinski definition) is 7. The first-order valence-electron chi connectivity index (χ1n) is 12.8. The lowest BCUT2D eigenvalue weighted by Crippen LogP contribution is -2.36. The van der Waals surface area contributed by atoms with Crippen LogP contribution >= 0.6 is 0 Å². The summed E-state index contributed by atoms with van der Waals surface area (Å²) in [6, 6.07) is 22.8. The van der Waals surface area contributed by atoms with E-state index >= 15 is 0 Å². The number of carbonyl (C=O) groups is 2. The lowest BCUT2D eigenvalue weighted by atomic mass is 9.71. The van der Waals surface area contributed by atoms with Gasteiger partial charge in [0.15, 0.2) is 17.3 Å². The van der Waals surface area contributed by atoms with Crippen molar-refractivity contribution in [2.45, 2.75) is 31.6 Å². The number of esters is 1. The third kappa shape index (κ3) is 5.12. The highest BCUT2D eigenvalue weighted by molar-refractivity contribution is 6.04.